The molecule has 0 spiro atoms. The molecule has 3 aromatic rings. The number of imide groups is 1. The zero-order valence-electron chi connectivity index (χ0n) is 18.2. The quantitative estimate of drug-likeness (QED) is 0.585. The average molecular weight is 431 g/mol. The summed E-state index contributed by atoms with van der Waals surface area (Å²) in [7, 11) is 1.61. The van der Waals surface area contributed by atoms with Gasteiger partial charge >= 0.3 is 6.03 Å². The van der Waals surface area contributed by atoms with E-state index in [1.54, 1.807) is 20.1 Å². The van der Waals surface area contributed by atoms with Gasteiger partial charge in [-0.05, 0) is 53.9 Å². The van der Waals surface area contributed by atoms with E-state index in [9.17, 15) is 14.4 Å². The van der Waals surface area contributed by atoms with Crippen LogP contribution in [0.4, 0.5) is 4.79 Å². The Morgan fingerprint density at radius 1 is 1.06 bits per heavy atom. The fourth-order valence-electron chi connectivity index (χ4n) is 3.95. The van der Waals surface area contributed by atoms with Crippen LogP contribution >= 0.6 is 0 Å². The lowest BCUT2D eigenvalue weighted by Gasteiger charge is -2.23. The van der Waals surface area contributed by atoms with Crippen LogP contribution in [0.5, 0.6) is 5.75 Å². The van der Waals surface area contributed by atoms with Gasteiger partial charge in [-0.3, -0.25) is 14.5 Å². The lowest BCUT2D eigenvalue weighted by atomic mass is 9.90. The molecule has 7 nitrogen and oxygen atoms in total. The van der Waals surface area contributed by atoms with Crippen LogP contribution in [-0.4, -0.2) is 36.4 Å². The molecule has 0 radical (unpaired) electrons. The molecule has 0 aromatic heterocycles. The molecule has 4 rings (SSSR count). The summed E-state index contributed by atoms with van der Waals surface area (Å²) in [4.78, 5) is 39.3. The molecule has 164 valence electrons. The zero-order chi connectivity index (χ0) is 22.9. The molecule has 1 saturated heterocycles. The maximum absolute atomic E-state index is 13.2. The monoisotopic (exact) mass is 431 g/mol. The number of hydrogen-bond donors (Lipinski definition) is 2. The van der Waals surface area contributed by atoms with Gasteiger partial charge in [0.2, 0.25) is 5.91 Å². The third-order valence-electron chi connectivity index (χ3n) is 5.88. The van der Waals surface area contributed by atoms with E-state index in [4.69, 9.17) is 4.74 Å². The van der Waals surface area contributed by atoms with E-state index in [1.807, 2.05) is 67.6 Å². The highest BCUT2D eigenvalue weighted by molar-refractivity contribution is 6.09. The number of hydrogen-bond acceptors (Lipinski definition) is 4. The first-order chi connectivity index (χ1) is 15.3. The van der Waals surface area contributed by atoms with Crippen LogP contribution in [0.2, 0.25) is 0 Å². The van der Waals surface area contributed by atoms with Gasteiger partial charge in [0.25, 0.3) is 5.91 Å². The molecule has 2 atom stereocenters. The van der Waals surface area contributed by atoms with Gasteiger partial charge in [-0.15, -0.1) is 0 Å². The molecule has 0 unspecified atom stereocenters. The highest BCUT2D eigenvalue weighted by atomic mass is 16.5. The van der Waals surface area contributed by atoms with Gasteiger partial charge in [-0.2, -0.15) is 0 Å². The first-order valence-electron chi connectivity index (χ1n) is 10.4. The number of fused-ring (bicyclic) bond motifs is 1. The Kier molecular flexibility index (Phi) is 5.57. The Morgan fingerprint density at radius 3 is 2.47 bits per heavy atom. The number of rotatable bonds is 6. The van der Waals surface area contributed by atoms with Crippen molar-refractivity contribution >= 4 is 28.6 Å². The van der Waals surface area contributed by atoms with Crippen molar-refractivity contribution in [2.75, 3.05) is 13.7 Å². The van der Waals surface area contributed by atoms with Crippen LogP contribution in [0.25, 0.3) is 10.8 Å². The van der Waals surface area contributed by atoms with Crippen molar-refractivity contribution in [3.63, 3.8) is 0 Å². The fraction of sp³-hybridized carbons (Fsp3) is 0.240. The van der Waals surface area contributed by atoms with Crippen molar-refractivity contribution in [3.05, 3.63) is 77.9 Å². The summed E-state index contributed by atoms with van der Waals surface area (Å²) in [5.41, 5.74) is 0.334. The first-order valence-corrected chi connectivity index (χ1v) is 10.4. The van der Waals surface area contributed by atoms with Crippen molar-refractivity contribution in [1.29, 1.82) is 0 Å². The summed E-state index contributed by atoms with van der Waals surface area (Å²) in [5, 5.41) is 7.47. The summed E-state index contributed by atoms with van der Waals surface area (Å²) in [5.74, 6) is -0.124. The zero-order valence-corrected chi connectivity index (χ0v) is 18.2. The Morgan fingerprint density at radius 2 is 1.75 bits per heavy atom. The predicted octanol–water partition coefficient (Wildman–Crippen LogP) is 3.49. The number of urea groups is 1. The van der Waals surface area contributed by atoms with Gasteiger partial charge < -0.3 is 15.4 Å². The molecule has 2 N–H and O–H groups in total. The smallest absolute Gasteiger partial charge is 0.325 e. The third-order valence-corrected chi connectivity index (χ3v) is 5.88. The summed E-state index contributed by atoms with van der Waals surface area (Å²) in [6.07, 6.45) is 0. The minimum absolute atomic E-state index is 0.242. The maximum atomic E-state index is 13.2. The maximum Gasteiger partial charge on any atom is 0.325 e. The van der Waals surface area contributed by atoms with Crippen LogP contribution in [0.1, 0.15) is 31.0 Å². The molecule has 4 amide bonds. The van der Waals surface area contributed by atoms with E-state index in [2.05, 4.69) is 10.6 Å². The largest absolute Gasteiger partial charge is 0.497 e. The lowest BCUT2D eigenvalue weighted by Crippen LogP contribution is -2.43. The number of carbonyl (C=O) groups is 3. The van der Waals surface area contributed by atoms with Crippen LogP contribution in [0.3, 0.4) is 0 Å². The molecule has 7 heteroatoms. The number of benzene rings is 3. The SMILES string of the molecule is COc1ccc2cc([C@]3(C)NC(=O)N(CC(=O)N[C@@H](C)c4ccccc4)C3=O)ccc2c1. The van der Waals surface area contributed by atoms with Crippen LogP contribution < -0.4 is 15.4 Å². The minimum atomic E-state index is -1.25. The third kappa shape index (κ3) is 3.89. The highest BCUT2D eigenvalue weighted by Crippen LogP contribution is 2.32. The van der Waals surface area contributed by atoms with E-state index < -0.39 is 23.4 Å². The number of amides is 4. The Labute approximate surface area is 186 Å². The minimum Gasteiger partial charge on any atom is -0.497 e. The summed E-state index contributed by atoms with van der Waals surface area (Å²) >= 11 is 0. The summed E-state index contributed by atoms with van der Waals surface area (Å²) in [6, 6.07) is 19.9. The molecule has 1 aliphatic rings. The average Bonchev–Trinajstić information content (AvgIpc) is 3.02. The van der Waals surface area contributed by atoms with E-state index in [-0.39, 0.29) is 12.6 Å². The molecule has 1 fully saturated rings. The van der Waals surface area contributed by atoms with Crippen LogP contribution in [-0.2, 0) is 15.1 Å². The molecule has 0 bridgehead atoms. The first kappa shape index (κ1) is 21.4. The van der Waals surface area contributed by atoms with Crippen molar-refractivity contribution in [2.24, 2.45) is 0 Å². The van der Waals surface area contributed by atoms with E-state index >= 15 is 0 Å². The second-order valence-electron chi connectivity index (χ2n) is 8.07. The molecule has 32 heavy (non-hydrogen) atoms. The normalized spacial score (nSPS) is 19.0. The van der Waals surface area contributed by atoms with Gasteiger partial charge in [0.1, 0.15) is 17.8 Å². The number of methoxy groups -OCH3 is 1. The van der Waals surface area contributed by atoms with Crippen molar-refractivity contribution in [1.82, 2.24) is 15.5 Å². The molecule has 1 aliphatic heterocycles. The molecule has 3 aromatic carbocycles. The number of carbonyl (C=O) groups excluding carboxylic acids is 3. The van der Waals surface area contributed by atoms with Crippen molar-refractivity contribution in [3.8, 4) is 5.75 Å². The Hall–Kier alpha value is -3.87. The summed E-state index contributed by atoms with van der Waals surface area (Å²) in [6.45, 7) is 3.16. The second kappa shape index (κ2) is 8.34. The topological polar surface area (TPSA) is 87.7 Å². The fourth-order valence-corrected chi connectivity index (χ4v) is 3.95. The number of nitrogens with one attached hydrogen (secondary N) is 2. The molecule has 1 heterocycles. The lowest BCUT2D eigenvalue weighted by molar-refractivity contribution is -0.135. The van der Waals surface area contributed by atoms with Gasteiger partial charge in [0.15, 0.2) is 0 Å². The van der Waals surface area contributed by atoms with Gasteiger partial charge in [-0.1, -0.05) is 48.5 Å². The number of nitrogens with zero attached hydrogens (tertiary/aromatic N) is 1. The molecular weight excluding hydrogens is 406 g/mol. The van der Waals surface area contributed by atoms with E-state index in [1.165, 1.54) is 0 Å². The molecule has 0 saturated carbocycles. The standard InChI is InChI=1S/C25H25N3O4/c1-16(17-7-5-4-6-8-17)26-22(29)15-28-23(30)25(2,27-24(28)31)20-11-9-19-14-21(32-3)12-10-18(19)13-20/h4-14,16H,15H2,1-3H3,(H,26,29)(H,27,31)/t16-,25-/m0/s1. The van der Waals surface area contributed by atoms with Crippen LogP contribution in [0.15, 0.2) is 66.7 Å². The number of ether oxygens (including phenoxy) is 1. The predicted molar refractivity (Wildman–Crippen MR) is 121 cm³/mol. The highest BCUT2D eigenvalue weighted by Gasteiger charge is 2.49. The van der Waals surface area contributed by atoms with Crippen molar-refractivity contribution < 1.29 is 19.1 Å². The van der Waals surface area contributed by atoms with Gasteiger partial charge in [0, 0.05) is 0 Å². The summed E-state index contributed by atoms with van der Waals surface area (Å²) < 4.78 is 5.25. The van der Waals surface area contributed by atoms with Crippen molar-refractivity contribution in [2.45, 2.75) is 25.4 Å². The molecule has 0 aliphatic carbocycles. The van der Waals surface area contributed by atoms with Gasteiger partial charge in [0.05, 0.1) is 13.2 Å². The van der Waals surface area contributed by atoms with Crippen LogP contribution in [0, 0.1) is 0 Å². The van der Waals surface area contributed by atoms with E-state index in [0.717, 1.165) is 27.0 Å². The second-order valence-corrected chi connectivity index (χ2v) is 8.07. The Bertz CT molecular complexity index is 1190. The van der Waals surface area contributed by atoms with E-state index in [0.29, 0.717) is 5.56 Å². The van der Waals surface area contributed by atoms with Gasteiger partial charge in [-0.25, -0.2) is 4.79 Å². The molecular formula is C25H25N3O4. The Balaban J connectivity index is 1.51.